The Morgan fingerprint density at radius 3 is 1.96 bits per heavy atom. The molecule has 0 aliphatic rings. The number of carbonyl (C=O) groups is 1. The molecule has 0 unspecified atom stereocenters. The second kappa shape index (κ2) is 6.65. The van der Waals surface area contributed by atoms with E-state index in [9.17, 15) is 13.2 Å². The number of carbonyl (C=O) groups excluding carboxylic acids is 1. The predicted octanol–water partition coefficient (Wildman–Crippen LogP) is 3.40. The molecule has 0 heterocycles. The van der Waals surface area contributed by atoms with Crippen molar-refractivity contribution in [1.29, 1.82) is 0 Å². The zero-order valence-corrected chi connectivity index (χ0v) is 15.4. The number of aryl methyl sites for hydroxylation is 3. The fourth-order valence-electron chi connectivity index (χ4n) is 2.73. The Labute approximate surface area is 143 Å². The number of amides is 1. The highest BCUT2D eigenvalue weighted by atomic mass is 32.2. The smallest absolute Gasteiger partial charge is 0.262 e. The van der Waals surface area contributed by atoms with Crippen LogP contribution in [-0.4, -0.2) is 21.4 Å². The number of hydrogen-bond acceptors (Lipinski definition) is 3. The average molecular weight is 346 g/mol. The molecule has 1 N–H and O–H groups in total. The van der Waals surface area contributed by atoms with E-state index in [0.29, 0.717) is 27.4 Å². The molecular weight excluding hydrogens is 324 g/mol. The van der Waals surface area contributed by atoms with Crippen LogP contribution in [0, 0.1) is 20.8 Å². The van der Waals surface area contributed by atoms with Crippen LogP contribution in [0.2, 0.25) is 0 Å². The van der Waals surface area contributed by atoms with Gasteiger partial charge >= 0.3 is 0 Å². The third-order valence-electron chi connectivity index (χ3n) is 3.85. The number of anilines is 2. The van der Waals surface area contributed by atoms with Gasteiger partial charge in [0, 0.05) is 25.3 Å². The highest BCUT2D eigenvalue weighted by Gasteiger charge is 2.20. The van der Waals surface area contributed by atoms with Gasteiger partial charge in [-0.1, -0.05) is 17.7 Å². The fourth-order valence-corrected chi connectivity index (χ4v) is 4.25. The van der Waals surface area contributed by atoms with Gasteiger partial charge in [-0.3, -0.25) is 9.52 Å². The summed E-state index contributed by atoms with van der Waals surface area (Å²) < 4.78 is 28.0. The van der Waals surface area contributed by atoms with Gasteiger partial charge in [-0.25, -0.2) is 8.42 Å². The summed E-state index contributed by atoms with van der Waals surface area (Å²) >= 11 is 0. The van der Waals surface area contributed by atoms with Crippen LogP contribution in [0.3, 0.4) is 0 Å². The molecule has 0 saturated carbocycles. The fraction of sp³-hybridized carbons (Fsp3) is 0.278. The Balaban J connectivity index is 2.32. The third kappa shape index (κ3) is 3.76. The molecule has 0 radical (unpaired) electrons. The van der Waals surface area contributed by atoms with Crippen LogP contribution in [0.15, 0.2) is 41.3 Å². The molecule has 24 heavy (non-hydrogen) atoms. The zero-order chi connectivity index (χ0) is 18.1. The molecular formula is C18H22N2O3S. The van der Waals surface area contributed by atoms with Gasteiger partial charge in [0.25, 0.3) is 10.0 Å². The number of benzene rings is 2. The van der Waals surface area contributed by atoms with Crippen molar-refractivity contribution in [2.24, 2.45) is 0 Å². The van der Waals surface area contributed by atoms with Gasteiger partial charge in [-0.15, -0.1) is 0 Å². The van der Waals surface area contributed by atoms with Crippen molar-refractivity contribution in [2.75, 3.05) is 16.7 Å². The molecule has 128 valence electrons. The molecule has 0 aliphatic heterocycles. The molecule has 0 bridgehead atoms. The Kier molecular flexibility index (Phi) is 4.99. The first-order valence-corrected chi connectivity index (χ1v) is 9.05. The maximum absolute atomic E-state index is 12.7. The molecule has 6 heteroatoms. The summed E-state index contributed by atoms with van der Waals surface area (Å²) in [5.41, 5.74) is 3.62. The maximum Gasteiger partial charge on any atom is 0.262 e. The van der Waals surface area contributed by atoms with E-state index in [-0.39, 0.29) is 5.91 Å². The van der Waals surface area contributed by atoms with Crippen molar-refractivity contribution in [1.82, 2.24) is 0 Å². The number of nitrogens with zero attached hydrogens (tertiary/aromatic N) is 1. The van der Waals surface area contributed by atoms with Gasteiger partial charge in [-0.05, 0) is 56.2 Å². The van der Waals surface area contributed by atoms with E-state index in [1.165, 1.54) is 11.8 Å². The van der Waals surface area contributed by atoms with E-state index >= 15 is 0 Å². The van der Waals surface area contributed by atoms with Crippen molar-refractivity contribution in [3.8, 4) is 0 Å². The topological polar surface area (TPSA) is 66.5 Å². The molecule has 0 spiro atoms. The van der Waals surface area contributed by atoms with Crippen LogP contribution in [0.25, 0.3) is 0 Å². The van der Waals surface area contributed by atoms with E-state index in [1.54, 1.807) is 45.2 Å². The first-order valence-electron chi connectivity index (χ1n) is 7.57. The van der Waals surface area contributed by atoms with Crippen LogP contribution in [-0.2, 0) is 14.8 Å². The van der Waals surface area contributed by atoms with Gasteiger partial charge in [0.05, 0.1) is 4.90 Å². The first-order chi connectivity index (χ1) is 11.1. The predicted molar refractivity (Wildman–Crippen MR) is 97.0 cm³/mol. The Hall–Kier alpha value is -2.34. The van der Waals surface area contributed by atoms with Crippen LogP contribution in [0.5, 0.6) is 0 Å². The Morgan fingerprint density at radius 2 is 1.50 bits per heavy atom. The van der Waals surface area contributed by atoms with E-state index in [0.717, 1.165) is 5.56 Å². The molecule has 2 aromatic rings. The van der Waals surface area contributed by atoms with Gasteiger partial charge in [0.1, 0.15) is 0 Å². The summed E-state index contributed by atoms with van der Waals surface area (Å²) in [7, 11) is -2.00. The molecule has 0 atom stereocenters. The minimum Gasteiger partial charge on any atom is -0.316 e. The van der Waals surface area contributed by atoms with Crippen LogP contribution in [0.1, 0.15) is 23.6 Å². The van der Waals surface area contributed by atoms with Crippen molar-refractivity contribution >= 4 is 27.3 Å². The average Bonchev–Trinajstić information content (AvgIpc) is 2.45. The highest BCUT2D eigenvalue weighted by molar-refractivity contribution is 7.92. The lowest BCUT2D eigenvalue weighted by Gasteiger charge is -2.16. The summed E-state index contributed by atoms with van der Waals surface area (Å²) in [5.74, 6) is -0.0887. The van der Waals surface area contributed by atoms with Crippen LogP contribution in [0.4, 0.5) is 11.4 Å². The summed E-state index contributed by atoms with van der Waals surface area (Å²) in [4.78, 5) is 13.2. The van der Waals surface area contributed by atoms with Crippen molar-refractivity contribution < 1.29 is 13.2 Å². The Bertz CT molecular complexity index is 849. The standard InChI is InChI=1S/C18H22N2O3S/c1-12-10-13(2)18(14(3)11-12)24(22,23)19-16-6-8-17(9-7-16)20(5)15(4)21/h6-11,19H,1-5H3. The van der Waals surface area contributed by atoms with Crippen molar-refractivity contribution in [2.45, 2.75) is 32.6 Å². The zero-order valence-electron chi connectivity index (χ0n) is 14.5. The van der Waals surface area contributed by atoms with Gasteiger partial charge in [0.2, 0.25) is 5.91 Å². The number of rotatable bonds is 4. The lowest BCUT2D eigenvalue weighted by Crippen LogP contribution is -2.22. The summed E-state index contributed by atoms with van der Waals surface area (Å²) in [6.45, 7) is 6.99. The van der Waals surface area contributed by atoms with Gasteiger partial charge in [-0.2, -0.15) is 0 Å². The van der Waals surface area contributed by atoms with Crippen LogP contribution >= 0.6 is 0 Å². The van der Waals surface area contributed by atoms with E-state index in [1.807, 2.05) is 19.1 Å². The minimum atomic E-state index is -3.67. The number of hydrogen-bond donors (Lipinski definition) is 1. The molecule has 0 fully saturated rings. The summed E-state index contributed by atoms with van der Waals surface area (Å²) in [5, 5.41) is 0. The summed E-state index contributed by atoms with van der Waals surface area (Å²) in [6.07, 6.45) is 0. The summed E-state index contributed by atoms with van der Waals surface area (Å²) in [6, 6.07) is 10.4. The second-order valence-corrected chi connectivity index (χ2v) is 7.58. The quantitative estimate of drug-likeness (QED) is 0.923. The largest absolute Gasteiger partial charge is 0.316 e. The minimum absolute atomic E-state index is 0.0887. The first kappa shape index (κ1) is 18.0. The van der Waals surface area contributed by atoms with E-state index in [4.69, 9.17) is 0 Å². The van der Waals surface area contributed by atoms with Gasteiger partial charge < -0.3 is 4.90 Å². The highest BCUT2D eigenvalue weighted by Crippen LogP contribution is 2.25. The lowest BCUT2D eigenvalue weighted by molar-refractivity contribution is -0.116. The molecule has 2 rings (SSSR count). The lowest BCUT2D eigenvalue weighted by atomic mass is 10.1. The number of nitrogens with one attached hydrogen (secondary N) is 1. The molecule has 0 aliphatic carbocycles. The van der Waals surface area contributed by atoms with Crippen LogP contribution < -0.4 is 9.62 Å². The molecule has 1 amide bonds. The van der Waals surface area contributed by atoms with Crippen molar-refractivity contribution in [3.63, 3.8) is 0 Å². The number of sulfonamides is 1. The molecule has 0 aromatic heterocycles. The Morgan fingerprint density at radius 1 is 1.00 bits per heavy atom. The molecule has 5 nitrogen and oxygen atoms in total. The normalized spacial score (nSPS) is 11.2. The van der Waals surface area contributed by atoms with Gasteiger partial charge in [0.15, 0.2) is 0 Å². The SMILES string of the molecule is CC(=O)N(C)c1ccc(NS(=O)(=O)c2c(C)cc(C)cc2C)cc1. The maximum atomic E-state index is 12.7. The third-order valence-corrected chi connectivity index (χ3v) is 5.54. The molecule has 0 saturated heterocycles. The van der Waals surface area contributed by atoms with Crippen molar-refractivity contribution in [3.05, 3.63) is 53.1 Å². The molecule has 2 aromatic carbocycles. The second-order valence-electron chi connectivity index (χ2n) is 5.96. The monoisotopic (exact) mass is 346 g/mol. The van der Waals surface area contributed by atoms with E-state index in [2.05, 4.69) is 4.72 Å². The van der Waals surface area contributed by atoms with E-state index < -0.39 is 10.0 Å².